The Bertz CT molecular complexity index is 626. The average Bonchev–Trinajstić information content (AvgIpc) is 2.60. The number of benzene rings is 1. The van der Waals surface area contributed by atoms with E-state index >= 15 is 0 Å². The van der Waals surface area contributed by atoms with Crippen LogP contribution in [0.4, 0.5) is 0 Å². The Labute approximate surface area is 112 Å². The van der Waals surface area contributed by atoms with Crippen molar-refractivity contribution in [1.29, 1.82) is 0 Å². The number of aryl methyl sites for hydroxylation is 1. The number of fused-ring (bicyclic) bond motifs is 1. The lowest BCUT2D eigenvalue weighted by molar-refractivity contribution is 0.381. The van der Waals surface area contributed by atoms with Gasteiger partial charge in [0, 0.05) is 24.3 Å². The summed E-state index contributed by atoms with van der Waals surface area (Å²) in [5.41, 5.74) is 2.67. The zero-order valence-corrected chi connectivity index (χ0v) is 11.7. The zero-order valence-electron chi connectivity index (χ0n) is 10.9. The Morgan fingerprint density at radius 1 is 1.26 bits per heavy atom. The van der Waals surface area contributed by atoms with E-state index in [0.29, 0.717) is 0 Å². The van der Waals surface area contributed by atoms with E-state index in [1.807, 2.05) is 7.05 Å². The molecule has 0 unspecified atom stereocenters. The van der Waals surface area contributed by atoms with Gasteiger partial charge in [-0.15, -0.1) is 0 Å². The summed E-state index contributed by atoms with van der Waals surface area (Å²) in [6.45, 7) is 4.21. The minimum Gasteiger partial charge on any atom is -0.344 e. The number of nitrogens with one attached hydrogen (secondary N) is 1. The van der Waals surface area contributed by atoms with Crippen LogP contribution in [0, 0.1) is 6.92 Å². The molecule has 0 amide bonds. The molecule has 19 heavy (non-hydrogen) atoms. The number of hydrogen-bond donors (Lipinski definition) is 3. The van der Waals surface area contributed by atoms with Crippen LogP contribution in [0.5, 0.6) is 0 Å². The number of aromatic nitrogens is 1. The molecule has 0 aliphatic heterocycles. The van der Waals surface area contributed by atoms with Crippen LogP contribution in [0.2, 0.25) is 0 Å². The van der Waals surface area contributed by atoms with E-state index in [1.165, 1.54) is 16.6 Å². The minimum atomic E-state index is -4.67. The third kappa shape index (κ3) is 5.39. The van der Waals surface area contributed by atoms with Gasteiger partial charge in [-0.3, -0.25) is 9.11 Å². The van der Waals surface area contributed by atoms with E-state index in [1.54, 1.807) is 0 Å². The normalized spacial score (nSPS) is 11.2. The van der Waals surface area contributed by atoms with Gasteiger partial charge in [0.25, 0.3) is 0 Å². The van der Waals surface area contributed by atoms with Crippen LogP contribution in [-0.2, 0) is 16.9 Å². The maximum absolute atomic E-state index is 8.74. The molecule has 0 saturated carbocycles. The molecular formula is C12H18N2O4S. The highest BCUT2D eigenvalue weighted by molar-refractivity contribution is 7.79. The summed E-state index contributed by atoms with van der Waals surface area (Å²) in [5, 5.41) is 4.51. The SMILES string of the molecule is CNCCn1c(C)cc2ccccc21.O=S(=O)(O)O. The van der Waals surface area contributed by atoms with Gasteiger partial charge in [-0.2, -0.15) is 8.42 Å². The Morgan fingerprint density at radius 2 is 1.84 bits per heavy atom. The molecule has 3 N–H and O–H groups in total. The Balaban J connectivity index is 0.000000312. The second-order valence-corrected chi connectivity index (χ2v) is 4.94. The van der Waals surface area contributed by atoms with Gasteiger partial charge in [0.2, 0.25) is 0 Å². The Morgan fingerprint density at radius 3 is 2.42 bits per heavy atom. The smallest absolute Gasteiger partial charge is 0.344 e. The predicted octanol–water partition coefficient (Wildman–Crippen LogP) is 1.52. The van der Waals surface area contributed by atoms with Gasteiger partial charge in [0.1, 0.15) is 0 Å². The van der Waals surface area contributed by atoms with Crippen LogP contribution in [0.15, 0.2) is 30.3 Å². The standard InChI is InChI=1S/C12H16N2.H2O4S/c1-10-9-11-5-3-4-6-12(11)14(10)8-7-13-2;1-5(2,3)4/h3-6,9,13H,7-8H2,1-2H3;(H2,1,2,3,4). The Kier molecular flexibility index (Phi) is 5.49. The second kappa shape index (κ2) is 6.67. The molecule has 0 aliphatic carbocycles. The van der Waals surface area contributed by atoms with Crippen molar-refractivity contribution in [3.63, 3.8) is 0 Å². The fourth-order valence-corrected chi connectivity index (χ4v) is 1.87. The summed E-state index contributed by atoms with van der Waals surface area (Å²) in [5.74, 6) is 0. The van der Waals surface area contributed by atoms with Crippen molar-refractivity contribution in [2.75, 3.05) is 13.6 Å². The van der Waals surface area contributed by atoms with E-state index in [0.717, 1.165) is 13.1 Å². The van der Waals surface area contributed by atoms with E-state index in [-0.39, 0.29) is 0 Å². The molecule has 1 heterocycles. The van der Waals surface area contributed by atoms with Crippen molar-refractivity contribution in [3.8, 4) is 0 Å². The number of hydrogen-bond acceptors (Lipinski definition) is 3. The van der Waals surface area contributed by atoms with E-state index in [2.05, 4.69) is 47.1 Å². The van der Waals surface area contributed by atoms with E-state index in [9.17, 15) is 0 Å². The third-order valence-electron chi connectivity index (χ3n) is 2.60. The molecule has 0 spiro atoms. The highest BCUT2D eigenvalue weighted by atomic mass is 32.3. The van der Waals surface area contributed by atoms with Crippen molar-refractivity contribution in [3.05, 3.63) is 36.0 Å². The molecule has 1 aromatic heterocycles. The molecule has 6 nitrogen and oxygen atoms in total. The molecule has 0 radical (unpaired) electrons. The van der Waals surface area contributed by atoms with Gasteiger partial charge in [0.15, 0.2) is 0 Å². The summed E-state index contributed by atoms with van der Waals surface area (Å²) in [7, 11) is -2.68. The lowest BCUT2D eigenvalue weighted by atomic mass is 10.2. The van der Waals surface area contributed by atoms with Crippen LogP contribution in [-0.4, -0.2) is 35.7 Å². The molecule has 1 aromatic carbocycles. The molecule has 2 aromatic rings. The average molecular weight is 286 g/mol. The molecule has 7 heteroatoms. The summed E-state index contributed by atoms with van der Waals surface area (Å²) >= 11 is 0. The molecule has 2 rings (SSSR count). The molecular weight excluding hydrogens is 268 g/mol. The van der Waals surface area contributed by atoms with Crippen LogP contribution in [0.25, 0.3) is 10.9 Å². The minimum absolute atomic E-state index is 1.01. The lowest BCUT2D eigenvalue weighted by Gasteiger charge is -2.07. The molecule has 0 bridgehead atoms. The first-order chi connectivity index (χ1) is 8.83. The van der Waals surface area contributed by atoms with Crippen molar-refractivity contribution >= 4 is 21.3 Å². The first-order valence-electron chi connectivity index (χ1n) is 5.72. The fraction of sp³-hybridized carbons (Fsp3) is 0.333. The molecule has 0 saturated heterocycles. The zero-order chi connectivity index (χ0) is 14.5. The van der Waals surface area contributed by atoms with Crippen LogP contribution < -0.4 is 5.32 Å². The van der Waals surface area contributed by atoms with Crippen LogP contribution in [0.3, 0.4) is 0 Å². The second-order valence-electron chi connectivity index (χ2n) is 4.05. The van der Waals surface area contributed by atoms with Gasteiger partial charge in [-0.25, -0.2) is 0 Å². The lowest BCUT2D eigenvalue weighted by Crippen LogP contribution is -2.15. The summed E-state index contributed by atoms with van der Waals surface area (Å²) in [6, 6.07) is 10.8. The number of para-hydroxylation sites is 1. The first kappa shape index (κ1) is 15.6. The highest BCUT2D eigenvalue weighted by Crippen LogP contribution is 2.18. The monoisotopic (exact) mass is 286 g/mol. The third-order valence-corrected chi connectivity index (χ3v) is 2.60. The van der Waals surface area contributed by atoms with Crippen LogP contribution >= 0.6 is 0 Å². The predicted molar refractivity (Wildman–Crippen MR) is 74.8 cm³/mol. The van der Waals surface area contributed by atoms with Gasteiger partial charge >= 0.3 is 10.4 Å². The van der Waals surface area contributed by atoms with Crippen molar-refractivity contribution < 1.29 is 17.5 Å². The summed E-state index contributed by atoms with van der Waals surface area (Å²) in [4.78, 5) is 0. The highest BCUT2D eigenvalue weighted by Gasteiger charge is 2.02. The molecule has 106 valence electrons. The number of rotatable bonds is 3. The largest absolute Gasteiger partial charge is 0.394 e. The van der Waals surface area contributed by atoms with Gasteiger partial charge in [0.05, 0.1) is 0 Å². The quantitative estimate of drug-likeness (QED) is 0.744. The van der Waals surface area contributed by atoms with Gasteiger partial charge in [-0.1, -0.05) is 18.2 Å². The molecule has 0 atom stereocenters. The summed E-state index contributed by atoms with van der Waals surface area (Å²) in [6.07, 6.45) is 0. The van der Waals surface area contributed by atoms with E-state index < -0.39 is 10.4 Å². The Hall–Kier alpha value is -1.41. The molecule has 0 aliphatic rings. The first-order valence-corrected chi connectivity index (χ1v) is 7.12. The van der Waals surface area contributed by atoms with Crippen LogP contribution in [0.1, 0.15) is 5.69 Å². The van der Waals surface area contributed by atoms with E-state index in [4.69, 9.17) is 17.5 Å². The maximum Gasteiger partial charge on any atom is 0.394 e. The van der Waals surface area contributed by atoms with Gasteiger partial charge < -0.3 is 9.88 Å². The summed E-state index contributed by atoms with van der Waals surface area (Å²) < 4.78 is 33.9. The van der Waals surface area contributed by atoms with Crippen molar-refractivity contribution in [2.24, 2.45) is 0 Å². The molecule has 0 fully saturated rings. The van der Waals surface area contributed by atoms with Gasteiger partial charge in [-0.05, 0) is 31.5 Å². The maximum atomic E-state index is 8.74. The van der Waals surface area contributed by atoms with Crippen molar-refractivity contribution in [1.82, 2.24) is 9.88 Å². The number of nitrogens with zero attached hydrogens (tertiary/aromatic N) is 1. The topological polar surface area (TPSA) is 91.6 Å². The van der Waals surface area contributed by atoms with Crippen molar-refractivity contribution in [2.45, 2.75) is 13.5 Å². The fourth-order valence-electron chi connectivity index (χ4n) is 1.87. The number of likely N-dealkylation sites (N-methyl/N-ethyl adjacent to an activating group) is 1.